The van der Waals surface area contributed by atoms with Crippen LogP contribution < -0.4 is 4.74 Å². The summed E-state index contributed by atoms with van der Waals surface area (Å²) in [7, 11) is 0. The smallest absolute Gasteiger partial charge is 0.138 e. The van der Waals surface area contributed by atoms with E-state index in [9.17, 15) is 0 Å². The van der Waals surface area contributed by atoms with Crippen molar-refractivity contribution in [1.29, 1.82) is 0 Å². The van der Waals surface area contributed by atoms with E-state index >= 15 is 0 Å². The molecule has 1 aromatic carbocycles. The number of para-hydroxylation sites is 1. The van der Waals surface area contributed by atoms with Crippen molar-refractivity contribution in [3.05, 3.63) is 29.3 Å². The molecule has 0 heterocycles. The molecule has 17 heavy (non-hydrogen) atoms. The maximum absolute atomic E-state index is 6.36. The highest BCUT2D eigenvalue weighted by Gasteiger charge is 2.53. The highest BCUT2D eigenvalue weighted by molar-refractivity contribution is 6.32. The SMILES string of the molecule is CCC1(CC)C(Cl)CC1Oc1ccccc1Cl. The number of hydrogen-bond acceptors (Lipinski definition) is 1. The lowest BCUT2D eigenvalue weighted by Crippen LogP contribution is -2.56. The van der Waals surface area contributed by atoms with Crippen molar-refractivity contribution in [2.45, 2.75) is 44.6 Å². The van der Waals surface area contributed by atoms with E-state index in [2.05, 4.69) is 13.8 Å². The zero-order chi connectivity index (χ0) is 12.5. The van der Waals surface area contributed by atoms with Crippen LogP contribution in [0.2, 0.25) is 5.02 Å². The molecular formula is C14H18Cl2O. The molecule has 0 aliphatic heterocycles. The molecule has 3 heteroatoms. The van der Waals surface area contributed by atoms with Gasteiger partial charge in [0.15, 0.2) is 0 Å². The summed E-state index contributed by atoms with van der Waals surface area (Å²) in [6.45, 7) is 4.36. The minimum atomic E-state index is 0.112. The molecule has 0 saturated heterocycles. The minimum Gasteiger partial charge on any atom is -0.488 e. The van der Waals surface area contributed by atoms with Gasteiger partial charge in [-0.1, -0.05) is 37.6 Å². The van der Waals surface area contributed by atoms with Crippen LogP contribution in [-0.2, 0) is 0 Å². The van der Waals surface area contributed by atoms with E-state index < -0.39 is 0 Å². The predicted molar refractivity (Wildman–Crippen MR) is 73.1 cm³/mol. The highest BCUT2D eigenvalue weighted by Crippen LogP contribution is 2.52. The predicted octanol–water partition coefficient (Wildman–Crippen LogP) is 4.90. The van der Waals surface area contributed by atoms with Crippen LogP contribution >= 0.6 is 23.2 Å². The van der Waals surface area contributed by atoms with Crippen LogP contribution in [0.4, 0.5) is 0 Å². The first-order valence-electron chi connectivity index (χ1n) is 6.19. The molecule has 0 spiro atoms. The third kappa shape index (κ3) is 2.15. The second kappa shape index (κ2) is 5.07. The summed E-state index contributed by atoms with van der Waals surface area (Å²) in [5.74, 6) is 0.772. The molecule has 0 N–H and O–H groups in total. The van der Waals surface area contributed by atoms with E-state index in [0.29, 0.717) is 5.02 Å². The molecule has 1 nitrogen and oxygen atoms in total. The van der Waals surface area contributed by atoms with Gasteiger partial charge in [0.05, 0.1) is 5.02 Å². The van der Waals surface area contributed by atoms with Crippen molar-refractivity contribution in [3.8, 4) is 5.75 Å². The van der Waals surface area contributed by atoms with Crippen LogP contribution in [0.25, 0.3) is 0 Å². The van der Waals surface area contributed by atoms with Crippen LogP contribution in [0.5, 0.6) is 5.75 Å². The fourth-order valence-corrected chi connectivity index (χ4v) is 3.50. The molecule has 0 radical (unpaired) electrons. The lowest BCUT2D eigenvalue weighted by molar-refractivity contribution is -0.0461. The second-order valence-electron chi connectivity index (χ2n) is 4.68. The van der Waals surface area contributed by atoms with Gasteiger partial charge in [-0.3, -0.25) is 0 Å². The summed E-state index contributed by atoms with van der Waals surface area (Å²) < 4.78 is 6.03. The van der Waals surface area contributed by atoms with Gasteiger partial charge in [-0.25, -0.2) is 0 Å². The summed E-state index contributed by atoms with van der Waals surface area (Å²) >= 11 is 12.5. The fourth-order valence-electron chi connectivity index (χ4n) is 2.71. The Kier molecular flexibility index (Phi) is 3.89. The molecule has 94 valence electrons. The van der Waals surface area contributed by atoms with Crippen molar-refractivity contribution in [2.75, 3.05) is 0 Å². The Balaban J connectivity index is 2.13. The Morgan fingerprint density at radius 2 is 1.94 bits per heavy atom. The maximum Gasteiger partial charge on any atom is 0.138 e. The second-order valence-corrected chi connectivity index (χ2v) is 5.61. The summed E-state index contributed by atoms with van der Waals surface area (Å²) in [6, 6.07) is 7.62. The molecule has 1 fully saturated rings. The number of rotatable bonds is 4. The molecule has 0 aromatic heterocycles. The number of hydrogen-bond donors (Lipinski definition) is 0. The molecule has 1 saturated carbocycles. The summed E-state index contributed by atoms with van der Waals surface area (Å²) in [5, 5.41) is 0.900. The highest BCUT2D eigenvalue weighted by atomic mass is 35.5. The van der Waals surface area contributed by atoms with Gasteiger partial charge in [0.25, 0.3) is 0 Å². The van der Waals surface area contributed by atoms with Gasteiger partial charge >= 0.3 is 0 Å². The van der Waals surface area contributed by atoms with Crippen LogP contribution in [0.1, 0.15) is 33.1 Å². The molecular weight excluding hydrogens is 255 g/mol. The summed E-state index contributed by atoms with van der Waals surface area (Å²) in [5.41, 5.74) is 0.112. The quantitative estimate of drug-likeness (QED) is 0.708. The monoisotopic (exact) mass is 272 g/mol. The van der Waals surface area contributed by atoms with E-state index in [1.807, 2.05) is 24.3 Å². The normalized spacial score (nSPS) is 26.4. The number of benzene rings is 1. The fraction of sp³-hybridized carbons (Fsp3) is 0.571. The Bertz CT molecular complexity index is 388. The van der Waals surface area contributed by atoms with Gasteiger partial charge < -0.3 is 4.74 Å². The van der Waals surface area contributed by atoms with Crippen LogP contribution in [-0.4, -0.2) is 11.5 Å². The first-order chi connectivity index (χ1) is 8.14. The van der Waals surface area contributed by atoms with Gasteiger partial charge in [-0.15, -0.1) is 11.6 Å². The van der Waals surface area contributed by atoms with E-state index in [0.717, 1.165) is 25.0 Å². The van der Waals surface area contributed by atoms with Crippen molar-refractivity contribution in [1.82, 2.24) is 0 Å². The van der Waals surface area contributed by atoms with Crippen molar-refractivity contribution < 1.29 is 4.74 Å². The summed E-state index contributed by atoms with van der Waals surface area (Å²) in [6.07, 6.45) is 3.20. The largest absolute Gasteiger partial charge is 0.488 e. The number of halogens is 2. The van der Waals surface area contributed by atoms with Gasteiger partial charge in [-0.05, 0) is 25.0 Å². The maximum atomic E-state index is 6.36. The third-order valence-electron chi connectivity index (χ3n) is 4.11. The molecule has 0 bridgehead atoms. The Morgan fingerprint density at radius 3 is 2.47 bits per heavy atom. The van der Waals surface area contributed by atoms with Crippen molar-refractivity contribution in [2.24, 2.45) is 5.41 Å². The lowest BCUT2D eigenvalue weighted by Gasteiger charge is -2.52. The molecule has 1 aromatic rings. The molecule has 2 atom stereocenters. The van der Waals surface area contributed by atoms with Gasteiger partial charge in [-0.2, -0.15) is 0 Å². The molecule has 0 amide bonds. The average molecular weight is 273 g/mol. The van der Waals surface area contributed by atoms with Gasteiger partial charge in [0.1, 0.15) is 11.9 Å². The lowest BCUT2D eigenvalue weighted by atomic mass is 9.62. The van der Waals surface area contributed by atoms with E-state index in [1.165, 1.54) is 0 Å². The Hall–Kier alpha value is -0.400. The zero-order valence-corrected chi connectivity index (χ0v) is 11.8. The van der Waals surface area contributed by atoms with Gasteiger partial charge in [0.2, 0.25) is 0 Å². The first-order valence-corrected chi connectivity index (χ1v) is 7.00. The molecule has 1 aliphatic rings. The average Bonchev–Trinajstić information content (AvgIpc) is 2.33. The topological polar surface area (TPSA) is 9.23 Å². The third-order valence-corrected chi connectivity index (χ3v) is 5.03. The van der Waals surface area contributed by atoms with Crippen molar-refractivity contribution in [3.63, 3.8) is 0 Å². The molecule has 1 aliphatic carbocycles. The van der Waals surface area contributed by atoms with Gasteiger partial charge in [0, 0.05) is 17.2 Å². The molecule has 2 unspecified atom stereocenters. The van der Waals surface area contributed by atoms with E-state index in [-0.39, 0.29) is 16.9 Å². The van der Waals surface area contributed by atoms with E-state index in [4.69, 9.17) is 27.9 Å². The minimum absolute atomic E-state index is 0.112. The number of alkyl halides is 1. The summed E-state index contributed by atoms with van der Waals surface area (Å²) in [4.78, 5) is 0. The van der Waals surface area contributed by atoms with E-state index in [1.54, 1.807) is 0 Å². The van der Waals surface area contributed by atoms with Crippen molar-refractivity contribution >= 4 is 23.2 Å². The standard InChI is InChI=1S/C14H18Cl2O/c1-3-14(4-2)12(16)9-13(14)17-11-8-6-5-7-10(11)15/h5-8,12-13H,3-4,9H2,1-2H3. The molecule has 2 rings (SSSR count). The number of ether oxygens (including phenoxy) is 1. The van der Waals surface area contributed by atoms with Crippen LogP contribution in [0.15, 0.2) is 24.3 Å². The van der Waals surface area contributed by atoms with Crippen LogP contribution in [0.3, 0.4) is 0 Å². The van der Waals surface area contributed by atoms with Crippen LogP contribution in [0, 0.1) is 5.41 Å². The zero-order valence-electron chi connectivity index (χ0n) is 10.2. The first kappa shape index (κ1) is 13.0. The Labute approximate surface area is 113 Å². The Morgan fingerprint density at radius 1 is 1.29 bits per heavy atom.